The van der Waals surface area contributed by atoms with E-state index in [0.717, 1.165) is 5.56 Å². The van der Waals surface area contributed by atoms with Crippen LogP contribution in [0.5, 0.6) is 0 Å². The van der Waals surface area contributed by atoms with Crippen molar-refractivity contribution in [3.63, 3.8) is 0 Å². The Morgan fingerprint density at radius 2 is 1.82 bits per heavy atom. The summed E-state index contributed by atoms with van der Waals surface area (Å²) in [5.41, 5.74) is 1.26. The van der Waals surface area contributed by atoms with Crippen molar-refractivity contribution in [2.24, 2.45) is 5.16 Å². The van der Waals surface area contributed by atoms with Gasteiger partial charge in [-0.3, -0.25) is 4.84 Å². The summed E-state index contributed by atoms with van der Waals surface area (Å²) < 4.78 is 0. The number of nitrogens with zero attached hydrogens (tertiary/aromatic N) is 1. The second-order valence-corrected chi connectivity index (χ2v) is 4.80. The fourth-order valence-corrected chi connectivity index (χ4v) is 1.17. The van der Waals surface area contributed by atoms with Crippen LogP contribution in [-0.4, -0.2) is 17.3 Å². The van der Waals surface area contributed by atoms with Crippen molar-refractivity contribution in [3.8, 4) is 0 Å². The predicted octanol–water partition coefficient (Wildman–Crippen LogP) is 2.94. The lowest BCUT2D eigenvalue weighted by Crippen LogP contribution is -2.40. The van der Waals surface area contributed by atoms with Crippen LogP contribution >= 0.6 is 0 Å². The van der Waals surface area contributed by atoms with Crippen molar-refractivity contribution < 1.29 is 9.63 Å². The Bertz CT molecular complexity index is 405. The number of nitrogens with one attached hydrogen (secondary N) is 1. The van der Waals surface area contributed by atoms with E-state index in [-0.39, 0.29) is 5.54 Å². The van der Waals surface area contributed by atoms with E-state index >= 15 is 0 Å². The monoisotopic (exact) mass is 234 g/mol. The lowest BCUT2D eigenvalue weighted by Gasteiger charge is -2.18. The Kier molecular flexibility index (Phi) is 4.26. The van der Waals surface area contributed by atoms with E-state index in [2.05, 4.69) is 10.5 Å². The molecule has 0 spiro atoms. The van der Waals surface area contributed by atoms with E-state index in [1.54, 1.807) is 6.92 Å². The van der Waals surface area contributed by atoms with Gasteiger partial charge in [0.25, 0.3) is 0 Å². The highest BCUT2D eigenvalue weighted by Gasteiger charge is 2.14. The first-order valence-electron chi connectivity index (χ1n) is 5.48. The molecule has 0 aliphatic carbocycles. The maximum absolute atomic E-state index is 11.4. The molecule has 0 bridgehead atoms. The van der Waals surface area contributed by atoms with Crippen molar-refractivity contribution in [2.45, 2.75) is 33.2 Å². The van der Waals surface area contributed by atoms with Gasteiger partial charge in [0.1, 0.15) is 0 Å². The number of carbonyl (C=O) groups excluding carboxylic acids is 1. The smallest absolute Gasteiger partial charge is 0.315 e. The molecule has 0 unspecified atom stereocenters. The van der Waals surface area contributed by atoms with Crippen LogP contribution in [0.2, 0.25) is 0 Å². The molecule has 4 nitrogen and oxygen atoms in total. The SMILES string of the molecule is C/C(=N\OC(=O)NC(C)(C)C)c1ccccc1. The molecule has 0 saturated carbocycles. The second-order valence-electron chi connectivity index (χ2n) is 4.80. The minimum absolute atomic E-state index is 0.326. The molecule has 1 rings (SSSR count). The third kappa shape index (κ3) is 5.15. The molecule has 0 radical (unpaired) electrons. The minimum Gasteiger partial charge on any atom is -0.315 e. The standard InChI is InChI=1S/C13H18N2O2/c1-10(11-8-6-5-7-9-11)15-17-12(16)14-13(2,3)4/h5-9H,1-4H3,(H,14,16)/b15-10+. The predicted molar refractivity (Wildman–Crippen MR) is 68.0 cm³/mol. The third-order valence-corrected chi connectivity index (χ3v) is 1.93. The van der Waals surface area contributed by atoms with Crippen LogP contribution in [-0.2, 0) is 4.84 Å². The van der Waals surface area contributed by atoms with Gasteiger partial charge >= 0.3 is 6.09 Å². The number of carbonyl (C=O) groups is 1. The van der Waals surface area contributed by atoms with Gasteiger partial charge < -0.3 is 5.32 Å². The molecule has 4 heteroatoms. The van der Waals surface area contributed by atoms with Gasteiger partial charge in [-0.1, -0.05) is 35.5 Å². The number of oxime groups is 1. The molecule has 1 aromatic rings. The summed E-state index contributed by atoms with van der Waals surface area (Å²) in [6.07, 6.45) is -0.548. The van der Waals surface area contributed by atoms with Gasteiger partial charge in [0.05, 0.1) is 5.71 Å². The minimum atomic E-state index is -0.548. The van der Waals surface area contributed by atoms with E-state index in [1.165, 1.54) is 0 Å². The second kappa shape index (κ2) is 5.48. The van der Waals surface area contributed by atoms with Gasteiger partial charge in [-0.05, 0) is 33.3 Å². The van der Waals surface area contributed by atoms with Crippen LogP contribution in [0.3, 0.4) is 0 Å². The lowest BCUT2D eigenvalue weighted by molar-refractivity contribution is 0.142. The molecule has 0 saturated heterocycles. The largest absolute Gasteiger partial charge is 0.433 e. The molecule has 0 fully saturated rings. The van der Waals surface area contributed by atoms with E-state index in [1.807, 2.05) is 51.1 Å². The average molecular weight is 234 g/mol. The van der Waals surface area contributed by atoms with Crippen LogP contribution in [0, 0.1) is 0 Å². The molecule has 0 aromatic heterocycles. The molecule has 0 heterocycles. The quantitative estimate of drug-likeness (QED) is 0.486. The summed E-state index contributed by atoms with van der Waals surface area (Å²) in [7, 11) is 0. The van der Waals surface area contributed by atoms with Gasteiger partial charge in [0.2, 0.25) is 0 Å². The highest BCUT2D eigenvalue weighted by Crippen LogP contribution is 2.02. The summed E-state index contributed by atoms with van der Waals surface area (Å²) in [4.78, 5) is 16.1. The zero-order valence-corrected chi connectivity index (χ0v) is 10.7. The van der Waals surface area contributed by atoms with Crippen LogP contribution < -0.4 is 5.32 Å². The Morgan fingerprint density at radius 1 is 1.24 bits per heavy atom. The number of rotatable bonds is 2. The van der Waals surface area contributed by atoms with E-state index in [0.29, 0.717) is 5.71 Å². The van der Waals surface area contributed by atoms with Crippen molar-refractivity contribution in [3.05, 3.63) is 35.9 Å². The summed E-state index contributed by atoms with van der Waals surface area (Å²) in [5, 5.41) is 6.44. The van der Waals surface area contributed by atoms with E-state index < -0.39 is 6.09 Å². The highest BCUT2D eigenvalue weighted by atomic mass is 16.7. The molecular formula is C13H18N2O2. The van der Waals surface area contributed by atoms with Crippen LogP contribution in [0.1, 0.15) is 33.3 Å². The summed E-state index contributed by atoms with van der Waals surface area (Å²) in [5.74, 6) is 0. The van der Waals surface area contributed by atoms with Gasteiger partial charge in [-0.2, -0.15) is 0 Å². The fraction of sp³-hybridized carbons (Fsp3) is 0.385. The average Bonchev–Trinajstić information content (AvgIpc) is 2.25. The summed E-state index contributed by atoms with van der Waals surface area (Å²) in [6, 6.07) is 9.55. The molecule has 0 aliphatic heterocycles. The number of hydrogen-bond donors (Lipinski definition) is 1. The van der Waals surface area contributed by atoms with Crippen LogP contribution in [0.4, 0.5) is 4.79 Å². The van der Waals surface area contributed by atoms with Gasteiger partial charge in [0, 0.05) is 5.54 Å². The topological polar surface area (TPSA) is 50.7 Å². The molecule has 92 valence electrons. The van der Waals surface area contributed by atoms with Crippen LogP contribution in [0.25, 0.3) is 0 Å². The Hall–Kier alpha value is -1.84. The van der Waals surface area contributed by atoms with Gasteiger partial charge in [-0.15, -0.1) is 0 Å². The summed E-state index contributed by atoms with van der Waals surface area (Å²) in [6.45, 7) is 7.42. The zero-order valence-electron chi connectivity index (χ0n) is 10.7. The molecular weight excluding hydrogens is 216 g/mol. The fourth-order valence-electron chi connectivity index (χ4n) is 1.17. The Morgan fingerprint density at radius 3 is 2.35 bits per heavy atom. The Labute approximate surface area is 102 Å². The molecule has 1 amide bonds. The zero-order chi connectivity index (χ0) is 12.9. The molecule has 1 N–H and O–H groups in total. The first-order valence-corrected chi connectivity index (χ1v) is 5.48. The summed E-state index contributed by atoms with van der Waals surface area (Å²) >= 11 is 0. The molecule has 17 heavy (non-hydrogen) atoms. The highest BCUT2D eigenvalue weighted by molar-refractivity contribution is 5.98. The van der Waals surface area contributed by atoms with Crippen molar-refractivity contribution >= 4 is 11.8 Å². The maximum atomic E-state index is 11.4. The number of amides is 1. The van der Waals surface area contributed by atoms with Crippen LogP contribution in [0.15, 0.2) is 35.5 Å². The third-order valence-electron chi connectivity index (χ3n) is 1.93. The van der Waals surface area contributed by atoms with E-state index in [9.17, 15) is 4.79 Å². The number of benzene rings is 1. The van der Waals surface area contributed by atoms with Gasteiger partial charge in [-0.25, -0.2) is 4.79 Å². The Balaban J connectivity index is 2.57. The first kappa shape index (κ1) is 13.2. The van der Waals surface area contributed by atoms with Gasteiger partial charge in [0.15, 0.2) is 0 Å². The van der Waals surface area contributed by atoms with Crippen molar-refractivity contribution in [1.82, 2.24) is 5.32 Å². The van der Waals surface area contributed by atoms with Crippen molar-refractivity contribution in [1.29, 1.82) is 0 Å². The lowest BCUT2D eigenvalue weighted by atomic mass is 10.1. The molecule has 0 atom stereocenters. The van der Waals surface area contributed by atoms with E-state index in [4.69, 9.17) is 4.84 Å². The maximum Gasteiger partial charge on any atom is 0.433 e. The normalized spacial score (nSPS) is 12.1. The first-order chi connectivity index (χ1) is 7.88. The molecule has 1 aromatic carbocycles. The molecule has 0 aliphatic rings. The number of hydrogen-bond acceptors (Lipinski definition) is 3. The van der Waals surface area contributed by atoms with Crippen molar-refractivity contribution in [2.75, 3.05) is 0 Å².